The van der Waals surface area contributed by atoms with Crippen LogP contribution < -0.4 is 10.9 Å². The van der Waals surface area contributed by atoms with E-state index in [1.165, 1.54) is 16.7 Å². The summed E-state index contributed by atoms with van der Waals surface area (Å²) in [7, 11) is 0. The fraction of sp³-hybridized carbons (Fsp3) is 0.280. The molecule has 2 aliphatic carbocycles. The summed E-state index contributed by atoms with van der Waals surface area (Å²) in [5.41, 5.74) is 0.308. The Kier molecular flexibility index (Phi) is 4.93. The van der Waals surface area contributed by atoms with Crippen LogP contribution in [0.4, 0.5) is 14.6 Å². The van der Waals surface area contributed by atoms with Gasteiger partial charge in [0, 0.05) is 18.2 Å². The summed E-state index contributed by atoms with van der Waals surface area (Å²) in [6.07, 6.45) is 4.47. The van der Waals surface area contributed by atoms with Crippen molar-refractivity contribution in [1.29, 1.82) is 0 Å². The lowest BCUT2D eigenvalue weighted by molar-refractivity contribution is 0.103. The lowest BCUT2D eigenvalue weighted by Crippen LogP contribution is -2.31. The van der Waals surface area contributed by atoms with Crippen molar-refractivity contribution in [1.82, 2.24) is 4.57 Å². The molecule has 1 N–H and O–H groups in total. The van der Waals surface area contributed by atoms with Gasteiger partial charge in [-0.15, -0.1) is 0 Å². The topological polar surface area (TPSA) is 51.1 Å². The predicted molar refractivity (Wildman–Crippen MR) is 115 cm³/mol. The normalized spacial score (nSPS) is 15.8. The van der Waals surface area contributed by atoms with E-state index in [1.54, 1.807) is 12.1 Å². The van der Waals surface area contributed by atoms with Crippen LogP contribution in [0.5, 0.6) is 0 Å². The Morgan fingerprint density at radius 2 is 1.55 bits per heavy atom. The first-order valence-corrected chi connectivity index (χ1v) is 10.6. The second-order valence-electron chi connectivity index (χ2n) is 8.40. The van der Waals surface area contributed by atoms with E-state index < -0.39 is 17.4 Å². The largest absolute Gasteiger partial charge is 0.367 e. The number of anilines is 1. The summed E-state index contributed by atoms with van der Waals surface area (Å²) in [5.74, 6) is -0.861. The first-order valence-electron chi connectivity index (χ1n) is 10.6. The number of aromatic nitrogens is 1. The van der Waals surface area contributed by atoms with Crippen LogP contribution in [0, 0.1) is 23.5 Å². The number of carbonyl (C=O) groups is 1. The molecule has 0 radical (unpaired) electrons. The number of halogens is 2. The van der Waals surface area contributed by atoms with Gasteiger partial charge in [-0.2, -0.15) is 0 Å². The molecule has 2 fully saturated rings. The molecule has 2 saturated carbocycles. The fourth-order valence-electron chi connectivity index (χ4n) is 4.21. The van der Waals surface area contributed by atoms with Gasteiger partial charge in [0.05, 0.1) is 16.8 Å². The maximum atomic E-state index is 14.4. The molecule has 0 unspecified atom stereocenters. The van der Waals surface area contributed by atoms with Crippen LogP contribution in [0.15, 0.2) is 65.5 Å². The average molecular weight is 420 g/mol. The van der Waals surface area contributed by atoms with E-state index in [-0.39, 0.29) is 22.7 Å². The van der Waals surface area contributed by atoms with Crippen LogP contribution in [0.2, 0.25) is 0 Å². The highest BCUT2D eigenvalue weighted by Gasteiger charge is 2.42. The summed E-state index contributed by atoms with van der Waals surface area (Å²) >= 11 is 0. The first kappa shape index (κ1) is 19.7. The van der Waals surface area contributed by atoms with Crippen molar-refractivity contribution in [2.24, 2.45) is 11.8 Å². The van der Waals surface area contributed by atoms with Crippen molar-refractivity contribution in [3.8, 4) is 5.69 Å². The van der Waals surface area contributed by atoms with Crippen LogP contribution in [0.1, 0.15) is 41.6 Å². The number of hydrogen-bond donors (Lipinski definition) is 1. The van der Waals surface area contributed by atoms with E-state index in [0.717, 1.165) is 37.8 Å². The molecule has 0 amide bonds. The third-order valence-electron chi connectivity index (χ3n) is 6.09. The Morgan fingerprint density at radius 1 is 0.903 bits per heavy atom. The van der Waals surface area contributed by atoms with Gasteiger partial charge in [-0.25, -0.2) is 8.78 Å². The van der Waals surface area contributed by atoms with E-state index in [4.69, 9.17) is 0 Å². The maximum absolute atomic E-state index is 14.4. The smallest absolute Gasteiger partial charge is 0.256 e. The van der Waals surface area contributed by atoms with E-state index in [1.807, 2.05) is 18.2 Å². The summed E-state index contributed by atoms with van der Waals surface area (Å²) in [6.45, 7) is 0. The minimum absolute atomic E-state index is 0.168. The highest BCUT2D eigenvalue weighted by Crippen LogP contribution is 2.46. The molecule has 158 valence electrons. The summed E-state index contributed by atoms with van der Waals surface area (Å²) in [6, 6.07) is 14.9. The summed E-state index contributed by atoms with van der Waals surface area (Å²) < 4.78 is 29.3. The predicted octanol–water partition coefficient (Wildman–Crippen LogP) is 4.95. The second-order valence-corrected chi connectivity index (χ2v) is 8.40. The molecule has 3 aromatic rings. The van der Waals surface area contributed by atoms with Crippen molar-refractivity contribution < 1.29 is 13.6 Å². The Labute approximate surface area is 178 Å². The summed E-state index contributed by atoms with van der Waals surface area (Å²) in [4.78, 5) is 26.2. The van der Waals surface area contributed by atoms with Gasteiger partial charge in [0.1, 0.15) is 17.5 Å². The standard InChI is InChI=1S/C25H22F2N2O2/c26-17-10-11-19(21(27)14-17)24(31)20-12-13-22(30)29(18-4-2-1-3-5-18)25(20)28-23(15-6-7-15)16-8-9-16/h1-5,10-16,23,28H,6-9H2. The Balaban J connectivity index is 1.67. The number of nitrogens with one attached hydrogen (secondary N) is 1. The zero-order valence-electron chi connectivity index (χ0n) is 16.9. The third-order valence-corrected chi connectivity index (χ3v) is 6.09. The molecule has 1 heterocycles. The lowest BCUT2D eigenvalue weighted by Gasteiger charge is -2.24. The number of hydrogen-bond acceptors (Lipinski definition) is 3. The number of benzene rings is 2. The van der Waals surface area contributed by atoms with Crippen LogP contribution >= 0.6 is 0 Å². The van der Waals surface area contributed by atoms with E-state index in [2.05, 4.69) is 5.32 Å². The minimum atomic E-state index is -0.922. The number of ketones is 1. The first-order chi connectivity index (χ1) is 15.0. The van der Waals surface area contributed by atoms with Gasteiger partial charge in [0.15, 0.2) is 5.78 Å². The Bertz CT molecular complexity index is 1190. The second kappa shape index (κ2) is 7.76. The minimum Gasteiger partial charge on any atom is -0.367 e. The van der Waals surface area contributed by atoms with Gasteiger partial charge in [-0.1, -0.05) is 18.2 Å². The van der Waals surface area contributed by atoms with Crippen LogP contribution in [-0.2, 0) is 0 Å². The average Bonchev–Trinajstić information content (AvgIpc) is 3.67. The number of para-hydroxylation sites is 1. The van der Waals surface area contributed by atoms with E-state index >= 15 is 0 Å². The highest BCUT2D eigenvalue weighted by molar-refractivity contribution is 6.12. The number of carbonyl (C=O) groups excluding carboxylic acids is 1. The summed E-state index contributed by atoms with van der Waals surface area (Å²) in [5, 5.41) is 3.51. The van der Waals surface area contributed by atoms with Crippen molar-refractivity contribution in [3.63, 3.8) is 0 Å². The van der Waals surface area contributed by atoms with E-state index in [9.17, 15) is 18.4 Å². The maximum Gasteiger partial charge on any atom is 0.256 e. The fourth-order valence-corrected chi connectivity index (χ4v) is 4.21. The molecule has 0 aliphatic heterocycles. The van der Waals surface area contributed by atoms with Crippen LogP contribution in [-0.4, -0.2) is 16.4 Å². The van der Waals surface area contributed by atoms with Crippen molar-refractivity contribution in [3.05, 3.63) is 93.8 Å². The highest BCUT2D eigenvalue weighted by atomic mass is 19.1. The monoisotopic (exact) mass is 420 g/mol. The Hall–Kier alpha value is -3.28. The van der Waals surface area contributed by atoms with Crippen molar-refractivity contribution in [2.75, 3.05) is 5.32 Å². The molecule has 0 saturated heterocycles. The molecular weight excluding hydrogens is 398 g/mol. The van der Waals surface area contributed by atoms with Gasteiger partial charge in [0.2, 0.25) is 0 Å². The molecule has 0 bridgehead atoms. The van der Waals surface area contributed by atoms with Crippen molar-refractivity contribution in [2.45, 2.75) is 31.7 Å². The molecular formula is C25H22F2N2O2. The molecule has 2 aromatic carbocycles. The van der Waals surface area contributed by atoms with Gasteiger partial charge in [0.25, 0.3) is 5.56 Å². The quantitative estimate of drug-likeness (QED) is 0.551. The molecule has 5 rings (SSSR count). The Morgan fingerprint density at radius 3 is 2.16 bits per heavy atom. The molecule has 0 spiro atoms. The zero-order chi connectivity index (χ0) is 21.5. The van der Waals surface area contributed by atoms with Gasteiger partial charge in [-0.3, -0.25) is 14.2 Å². The van der Waals surface area contributed by atoms with Gasteiger partial charge >= 0.3 is 0 Å². The molecule has 2 aliphatic rings. The number of rotatable bonds is 7. The van der Waals surface area contributed by atoms with Crippen molar-refractivity contribution >= 4 is 11.6 Å². The SMILES string of the molecule is O=C(c1ccc(F)cc1F)c1ccc(=O)n(-c2ccccc2)c1NC(C1CC1)C1CC1. The third kappa shape index (κ3) is 3.90. The molecule has 4 nitrogen and oxygen atoms in total. The van der Waals surface area contributed by atoms with Gasteiger partial charge < -0.3 is 5.32 Å². The van der Waals surface area contributed by atoms with Crippen LogP contribution in [0.3, 0.4) is 0 Å². The lowest BCUT2D eigenvalue weighted by atomic mass is 10.0. The molecule has 0 atom stereocenters. The van der Waals surface area contributed by atoms with Gasteiger partial charge in [-0.05, 0) is 67.9 Å². The molecule has 31 heavy (non-hydrogen) atoms. The van der Waals surface area contributed by atoms with E-state index in [0.29, 0.717) is 29.4 Å². The zero-order valence-corrected chi connectivity index (χ0v) is 16.9. The number of nitrogens with zero attached hydrogens (tertiary/aromatic N) is 1. The molecule has 1 aromatic heterocycles. The molecule has 6 heteroatoms. The number of pyridine rings is 1. The van der Waals surface area contributed by atoms with Crippen LogP contribution in [0.25, 0.3) is 5.69 Å².